The van der Waals surface area contributed by atoms with Crippen LogP contribution in [0, 0.1) is 5.82 Å². The number of ether oxygens (including phenoxy) is 2. The second-order valence-electron chi connectivity index (χ2n) is 5.87. The molecular weight excluding hydrogens is 323 g/mol. The standard InChI is InChI=1S/C19H19FN2O3/c1-13(2-3-14-6-9-17-18(10-14)25-12-24-17)21-22-19(23)11-15-4-7-16(20)8-5-15/h4-10H,2-3,11-12H2,1H3,(H,22,23)/b21-13+. The van der Waals surface area contributed by atoms with Crippen LogP contribution in [0.25, 0.3) is 0 Å². The van der Waals surface area contributed by atoms with Crippen molar-refractivity contribution in [2.45, 2.75) is 26.2 Å². The number of carbonyl (C=O) groups is 1. The van der Waals surface area contributed by atoms with Gasteiger partial charge < -0.3 is 9.47 Å². The van der Waals surface area contributed by atoms with Crippen LogP contribution in [0.4, 0.5) is 4.39 Å². The number of benzene rings is 2. The van der Waals surface area contributed by atoms with Crippen LogP contribution in [-0.4, -0.2) is 18.4 Å². The maximum Gasteiger partial charge on any atom is 0.244 e. The number of rotatable bonds is 6. The molecule has 0 unspecified atom stereocenters. The predicted molar refractivity (Wildman–Crippen MR) is 92.2 cm³/mol. The third-order valence-electron chi connectivity index (χ3n) is 3.86. The van der Waals surface area contributed by atoms with Crippen molar-refractivity contribution in [3.8, 4) is 11.5 Å². The first-order chi connectivity index (χ1) is 12.1. The summed E-state index contributed by atoms with van der Waals surface area (Å²) in [6.45, 7) is 2.13. The molecule has 0 bridgehead atoms. The van der Waals surface area contributed by atoms with Crippen LogP contribution in [0.3, 0.4) is 0 Å². The summed E-state index contributed by atoms with van der Waals surface area (Å²) in [5, 5.41) is 4.11. The highest BCUT2D eigenvalue weighted by Crippen LogP contribution is 2.32. The number of hydrogen-bond donors (Lipinski definition) is 1. The fourth-order valence-corrected chi connectivity index (χ4v) is 2.46. The van der Waals surface area contributed by atoms with Gasteiger partial charge in [-0.05, 0) is 55.2 Å². The molecule has 130 valence electrons. The van der Waals surface area contributed by atoms with Crippen molar-refractivity contribution in [1.29, 1.82) is 0 Å². The number of halogens is 1. The van der Waals surface area contributed by atoms with Gasteiger partial charge in [0.15, 0.2) is 11.5 Å². The second-order valence-corrected chi connectivity index (χ2v) is 5.87. The van der Waals surface area contributed by atoms with Gasteiger partial charge >= 0.3 is 0 Å². The van der Waals surface area contributed by atoms with Crippen LogP contribution in [0.2, 0.25) is 0 Å². The van der Waals surface area contributed by atoms with E-state index in [9.17, 15) is 9.18 Å². The molecule has 25 heavy (non-hydrogen) atoms. The molecule has 1 aliphatic rings. The summed E-state index contributed by atoms with van der Waals surface area (Å²) in [7, 11) is 0. The highest BCUT2D eigenvalue weighted by Gasteiger charge is 2.13. The fraction of sp³-hybridized carbons (Fsp3) is 0.263. The maximum atomic E-state index is 12.8. The van der Waals surface area contributed by atoms with E-state index in [1.165, 1.54) is 12.1 Å². The molecule has 0 radical (unpaired) electrons. The highest BCUT2D eigenvalue weighted by molar-refractivity contribution is 5.85. The Kier molecular flexibility index (Phi) is 5.28. The molecule has 0 saturated carbocycles. The van der Waals surface area contributed by atoms with Crippen molar-refractivity contribution in [2.75, 3.05) is 6.79 Å². The smallest absolute Gasteiger partial charge is 0.244 e. The summed E-state index contributed by atoms with van der Waals surface area (Å²) in [6, 6.07) is 11.7. The van der Waals surface area contributed by atoms with E-state index < -0.39 is 0 Å². The monoisotopic (exact) mass is 342 g/mol. The predicted octanol–water partition coefficient (Wildman–Crippen LogP) is 3.22. The van der Waals surface area contributed by atoms with Gasteiger partial charge in [0.1, 0.15) is 5.82 Å². The van der Waals surface area contributed by atoms with Crippen molar-refractivity contribution < 1.29 is 18.7 Å². The Morgan fingerprint density at radius 3 is 2.64 bits per heavy atom. The number of hydrazone groups is 1. The van der Waals surface area contributed by atoms with Gasteiger partial charge in [0.2, 0.25) is 12.7 Å². The first kappa shape index (κ1) is 17.0. The quantitative estimate of drug-likeness (QED) is 0.648. The van der Waals surface area contributed by atoms with Gasteiger partial charge in [-0.2, -0.15) is 5.10 Å². The molecule has 0 aliphatic carbocycles. The van der Waals surface area contributed by atoms with E-state index in [0.29, 0.717) is 0 Å². The topological polar surface area (TPSA) is 59.9 Å². The van der Waals surface area contributed by atoms with Crippen LogP contribution in [0.15, 0.2) is 47.6 Å². The van der Waals surface area contributed by atoms with Crippen molar-refractivity contribution in [3.05, 3.63) is 59.4 Å². The first-order valence-corrected chi connectivity index (χ1v) is 8.05. The number of carbonyl (C=O) groups excluding carboxylic acids is 1. The number of fused-ring (bicyclic) bond motifs is 1. The zero-order chi connectivity index (χ0) is 17.6. The average molecular weight is 342 g/mol. The van der Waals surface area contributed by atoms with E-state index >= 15 is 0 Å². The summed E-state index contributed by atoms with van der Waals surface area (Å²) in [5.74, 6) is 0.984. The lowest BCUT2D eigenvalue weighted by Gasteiger charge is -2.05. The van der Waals surface area contributed by atoms with E-state index in [0.717, 1.165) is 41.2 Å². The van der Waals surface area contributed by atoms with Crippen LogP contribution in [-0.2, 0) is 17.6 Å². The number of nitrogens with zero attached hydrogens (tertiary/aromatic N) is 1. The molecule has 2 aromatic carbocycles. The maximum absolute atomic E-state index is 12.8. The molecule has 0 spiro atoms. The normalized spacial score (nSPS) is 13.0. The molecule has 6 heteroatoms. The molecule has 1 amide bonds. The SMILES string of the molecule is C/C(CCc1ccc2c(c1)OCO2)=N\NC(=O)Cc1ccc(F)cc1. The number of aryl methyl sites for hydroxylation is 1. The molecule has 1 aliphatic heterocycles. The van der Waals surface area contributed by atoms with Gasteiger partial charge in [-0.15, -0.1) is 0 Å². The Hall–Kier alpha value is -2.89. The Bertz CT molecular complexity index is 788. The van der Waals surface area contributed by atoms with E-state index in [-0.39, 0.29) is 24.9 Å². The van der Waals surface area contributed by atoms with Crippen molar-refractivity contribution in [2.24, 2.45) is 5.10 Å². The summed E-state index contributed by atoms with van der Waals surface area (Å²) in [6.07, 6.45) is 1.68. The average Bonchev–Trinajstić information content (AvgIpc) is 3.08. The molecular formula is C19H19FN2O3. The van der Waals surface area contributed by atoms with Crippen LogP contribution in [0.5, 0.6) is 11.5 Å². The van der Waals surface area contributed by atoms with Crippen molar-refractivity contribution in [1.82, 2.24) is 5.43 Å². The van der Waals surface area contributed by atoms with Gasteiger partial charge in [0.25, 0.3) is 0 Å². The molecule has 0 saturated heterocycles. The molecule has 5 nitrogen and oxygen atoms in total. The number of nitrogens with one attached hydrogen (secondary N) is 1. The Balaban J connectivity index is 1.46. The fourth-order valence-electron chi connectivity index (χ4n) is 2.46. The number of hydrogen-bond acceptors (Lipinski definition) is 4. The second kappa shape index (κ2) is 7.79. The molecule has 0 fully saturated rings. The summed E-state index contributed by atoms with van der Waals surface area (Å²) in [4.78, 5) is 11.9. The van der Waals surface area contributed by atoms with Gasteiger partial charge in [-0.1, -0.05) is 18.2 Å². The van der Waals surface area contributed by atoms with E-state index in [1.54, 1.807) is 12.1 Å². The lowest BCUT2D eigenvalue weighted by Crippen LogP contribution is -2.21. The van der Waals surface area contributed by atoms with Crippen LogP contribution < -0.4 is 14.9 Å². The lowest BCUT2D eigenvalue weighted by molar-refractivity contribution is -0.120. The third kappa shape index (κ3) is 4.79. The number of amides is 1. The van der Waals surface area contributed by atoms with E-state index in [1.807, 2.05) is 25.1 Å². The Morgan fingerprint density at radius 1 is 1.12 bits per heavy atom. The van der Waals surface area contributed by atoms with Crippen molar-refractivity contribution in [3.63, 3.8) is 0 Å². The van der Waals surface area contributed by atoms with E-state index in [2.05, 4.69) is 10.5 Å². The zero-order valence-electron chi connectivity index (χ0n) is 13.9. The molecule has 3 rings (SSSR count). The molecule has 2 aromatic rings. The van der Waals surface area contributed by atoms with Crippen LogP contribution in [0.1, 0.15) is 24.5 Å². The first-order valence-electron chi connectivity index (χ1n) is 8.05. The summed E-state index contributed by atoms with van der Waals surface area (Å²) < 4.78 is 23.5. The van der Waals surface area contributed by atoms with Crippen molar-refractivity contribution >= 4 is 11.6 Å². The largest absolute Gasteiger partial charge is 0.454 e. The van der Waals surface area contributed by atoms with E-state index in [4.69, 9.17) is 9.47 Å². The summed E-state index contributed by atoms with van der Waals surface area (Å²) >= 11 is 0. The minimum Gasteiger partial charge on any atom is -0.454 e. The molecule has 0 atom stereocenters. The van der Waals surface area contributed by atoms with Gasteiger partial charge in [-0.25, -0.2) is 9.82 Å². The zero-order valence-corrected chi connectivity index (χ0v) is 13.9. The third-order valence-corrected chi connectivity index (χ3v) is 3.86. The Labute approximate surface area is 145 Å². The molecule has 0 aromatic heterocycles. The Morgan fingerprint density at radius 2 is 1.84 bits per heavy atom. The van der Waals surface area contributed by atoms with Gasteiger partial charge in [0, 0.05) is 5.71 Å². The minimum atomic E-state index is -0.318. The highest BCUT2D eigenvalue weighted by atomic mass is 19.1. The molecule has 1 heterocycles. The van der Waals surface area contributed by atoms with Crippen LogP contribution >= 0.6 is 0 Å². The molecule has 1 N–H and O–H groups in total. The lowest BCUT2D eigenvalue weighted by atomic mass is 10.1. The van der Waals surface area contributed by atoms with Gasteiger partial charge in [0.05, 0.1) is 6.42 Å². The van der Waals surface area contributed by atoms with Gasteiger partial charge in [-0.3, -0.25) is 4.79 Å². The minimum absolute atomic E-state index is 0.166. The summed E-state index contributed by atoms with van der Waals surface area (Å²) in [5.41, 5.74) is 5.22.